The van der Waals surface area contributed by atoms with Gasteiger partial charge in [0.25, 0.3) is 5.91 Å². The molecular formula is C15H14BrFN2O. The van der Waals surface area contributed by atoms with E-state index in [4.69, 9.17) is 5.73 Å². The first-order valence-electron chi connectivity index (χ1n) is 6.01. The summed E-state index contributed by atoms with van der Waals surface area (Å²) in [6, 6.07) is 7.86. The van der Waals surface area contributed by atoms with Gasteiger partial charge in [0.1, 0.15) is 5.82 Å². The highest BCUT2D eigenvalue weighted by Crippen LogP contribution is 2.23. The Morgan fingerprint density at radius 2 is 1.90 bits per heavy atom. The maximum atomic E-state index is 13.7. The van der Waals surface area contributed by atoms with Crippen molar-refractivity contribution in [2.45, 2.75) is 13.8 Å². The molecule has 0 aliphatic rings. The van der Waals surface area contributed by atoms with Crippen molar-refractivity contribution in [3.05, 3.63) is 57.3 Å². The Kier molecular flexibility index (Phi) is 4.09. The maximum Gasteiger partial charge on any atom is 0.258 e. The average Bonchev–Trinajstić information content (AvgIpc) is 2.35. The first-order chi connectivity index (χ1) is 9.38. The monoisotopic (exact) mass is 336 g/mol. The molecule has 0 unspecified atom stereocenters. The van der Waals surface area contributed by atoms with Crippen molar-refractivity contribution in [3.8, 4) is 0 Å². The number of aryl methyl sites for hydroxylation is 2. The summed E-state index contributed by atoms with van der Waals surface area (Å²) >= 11 is 3.15. The minimum absolute atomic E-state index is 0.00764. The van der Waals surface area contributed by atoms with E-state index in [0.717, 1.165) is 11.1 Å². The highest BCUT2D eigenvalue weighted by molar-refractivity contribution is 9.10. The third-order valence-electron chi connectivity index (χ3n) is 3.04. The van der Waals surface area contributed by atoms with Crippen molar-refractivity contribution in [2.75, 3.05) is 11.1 Å². The SMILES string of the molecule is Cc1cc(C)c(NC(=O)c2ccc(Br)cc2F)cc1N. The Morgan fingerprint density at radius 3 is 2.55 bits per heavy atom. The van der Waals surface area contributed by atoms with E-state index in [0.29, 0.717) is 15.8 Å². The summed E-state index contributed by atoms with van der Waals surface area (Å²) in [5.74, 6) is -1.07. The van der Waals surface area contributed by atoms with Gasteiger partial charge in [-0.25, -0.2) is 4.39 Å². The number of benzene rings is 2. The van der Waals surface area contributed by atoms with Crippen molar-refractivity contribution in [1.82, 2.24) is 0 Å². The van der Waals surface area contributed by atoms with Crippen LogP contribution in [0.4, 0.5) is 15.8 Å². The van der Waals surface area contributed by atoms with Crippen LogP contribution in [0.2, 0.25) is 0 Å². The number of halogens is 2. The minimum Gasteiger partial charge on any atom is -0.398 e. The molecule has 0 aliphatic carbocycles. The molecule has 5 heteroatoms. The summed E-state index contributed by atoms with van der Waals surface area (Å²) in [5, 5.41) is 2.68. The molecule has 0 saturated heterocycles. The Labute approximate surface area is 125 Å². The molecule has 2 rings (SSSR count). The molecule has 0 atom stereocenters. The van der Waals surface area contributed by atoms with Crippen molar-refractivity contribution in [2.24, 2.45) is 0 Å². The molecule has 0 heterocycles. The molecular weight excluding hydrogens is 323 g/mol. The van der Waals surface area contributed by atoms with Gasteiger partial charge in [-0.15, -0.1) is 0 Å². The molecule has 2 aromatic rings. The predicted octanol–water partition coefficient (Wildman–Crippen LogP) is 4.04. The summed E-state index contributed by atoms with van der Waals surface area (Å²) in [6.07, 6.45) is 0. The quantitative estimate of drug-likeness (QED) is 0.813. The highest BCUT2D eigenvalue weighted by atomic mass is 79.9. The number of rotatable bonds is 2. The smallest absolute Gasteiger partial charge is 0.258 e. The second-order valence-corrected chi connectivity index (χ2v) is 5.52. The van der Waals surface area contributed by atoms with Crippen LogP contribution in [0.15, 0.2) is 34.8 Å². The third-order valence-corrected chi connectivity index (χ3v) is 3.53. The van der Waals surface area contributed by atoms with Crippen LogP contribution in [0.1, 0.15) is 21.5 Å². The van der Waals surface area contributed by atoms with Crippen LogP contribution in [-0.2, 0) is 0 Å². The van der Waals surface area contributed by atoms with Crippen molar-refractivity contribution in [3.63, 3.8) is 0 Å². The van der Waals surface area contributed by atoms with Crippen LogP contribution in [0.3, 0.4) is 0 Å². The molecule has 0 aliphatic heterocycles. The van der Waals surface area contributed by atoms with Gasteiger partial charge in [0, 0.05) is 15.8 Å². The summed E-state index contributed by atoms with van der Waals surface area (Å²) in [7, 11) is 0. The number of amides is 1. The van der Waals surface area contributed by atoms with Crippen LogP contribution < -0.4 is 11.1 Å². The molecule has 2 aromatic carbocycles. The van der Waals surface area contributed by atoms with E-state index >= 15 is 0 Å². The lowest BCUT2D eigenvalue weighted by Crippen LogP contribution is -2.15. The largest absolute Gasteiger partial charge is 0.398 e. The fourth-order valence-electron chi connectivity index (χ4n) is 1.87. The van der Waals surface area contributed by atoms with Gasteiger partial charge >= 0.3 is 0 Å². The van der Waals surface area contributed by atoms with E-state index < -0.39 is 11.7 Å². The Bertz CT molecular complexity index is 686. The summed E-state index contributed by atoms with van der Waals surface area (Å²) in [6.45, 7) is 3.75. The van der Waals surface area contributed by atoms with Crippen LogP contribution in [0.5, 0.6) is 0 Å². The molecule has 104 valence electrons. The lowest BCUT2D eigenvalue weighted by atomic mass is 10.1. The first-order valence-corrected chi connectivity index (χ1v) is 6.81. The maximum absolute atomic E-state index is 13.7. The molecule has 0 fully saturated rings. The van der Waals surface area contributed by atoms with Gasteiger partial charge in [-0.3, -0.25) is 4.79 Å². The Balaban J connectivity index is 2.30. The van der Waals surface area contributed by atoms with Crippen molar-refractivity contribution in [1.29, 1.82) is 0 Å². The van der Waals surface area contributed by atoms with Crippen LogP contribution in [-0.4, -0.2) is 5.91 Å². The third kappa shape index (κ3) is 2.99. The highest BCUT2D eigenvalue weighted by Gasteiger charge is 2.13. The molecule has 0 spiro atoms. The molecule has 20 heavy (non-hydrogen) atoms. The van der Waals surface area contributed by atoms with E-state index in [9.17, 15) is 9.18 Å². The van der Waals surface area contributed by atoms with Gasteiger partial charge in [0.2, 0.25) is 0 Å². The number of anilines is 2. The normalized spacial score (nSPS) is 10.4. The number of hydrogen-bond donors (Lipinski definition) is 2. The number of nitrogen functional groups attached to an aromatic ring is 1. The van der Waals surface area contributed by atoms with Gasteiger partial charge in [0.15, 0.2) is 0 Å². The molecule has 1 amide bonds. The summed E-state index contributed by atoms with van der Waals surface area (Å²) in [4.78, 5) is 12.1. The Hall–Kier alpha value is -1.88. The second-order valence-electron chi connectivity index (χ2n) is 4.60. The summed E-state index contributed by atoms with van der Waals surface area (Å²) in [5.41, 5.74) is 8.80. The standard InChI is InChI=1S/C15H14BrFN2O/c1-8-5-9(2)14(7-13(8)18)19-15(20)11-4-3-10(16)6-12(11)17/h3-7H,18H2,1-2H3,(H,19,20). The number of nitrogens with two attached hydrogens (primary N) is 1. The number of carbonyl (C=O) groups is 1. The van der Waals surface area contributed by atoms with Crippen LogP contribution in [0.25, 0.3) is 0 Å². The van der Waals surface area contributed by atoms with E-state index in [1.807, 2.05) is 19.9 Å². The zero-order chi connectivity index (χ0) is 14.9. The van der Waals surface area contributed by atoms with Crippen molar-refractivity contribution >= 4 is 33.2 Å². The van der Waals surface area contributed by atoms with Crippen molar-refractivity contribution < 1.29 is 9.18 Å². The number of nitrogens with one attached hydrogen (secondary N) is 1. The molecule has 0 saturated carbocycles. The fourth-order valence-corrected chi connectivity index (χ4v) is 2.20. The topological polar surface area (TPSA) is 55.1 Å². The van der Waals surface area contributed by atoms with E-state index in [-0.39, 0.29) is 5.56 Å². The van der Waals surface area contributed by atoms with Crippen LogP contribution in [0, 0.1) is 19.7 Å². The van der Waals surface area contributed by atoms with E-state index in [1.54, 1.807) is 12.1 Å². The van der Waals surface area contributed by atoms with Gasteiger partial charge in [-0.1, -0.05) is 22.0 Å². The van der Waals surface area contributed by atoms with Gasteiger partial charge in [-0.2, -0.15) is 0 Å². The van der Waals surface area contributed by atoms with Gasteiger partial charge < -0.3 is 11.1 Å². The van der Waals surface area contributed by atoms with E-state index in [2.05, 4.69) is 21.2 Å². The molecule has 3 nitrogen and oxygen atoms in total. The Morgan fingerprint density at radius 1 is 1.20 bits per heavy atom. The zero-order valence-corrected chi connectivity index (χ0v) is 12.7. The predicted molar refractivity (Wildman–Crippen MR) is 82.4 cm³/mol. The lowest BCUT2D eigenvalue weighted by molar-refractivity contribution is 0.102. The number of carbonyl (C=O) groups excluding carboxylic acids is 1. The zero-order valence-electron chi connectivity index (χ0n) is 11.1. The van der Waals surface area contributed by atoms with E-state index in [1.165, 1.54) is 12.1 Å². The fraction of sp³-hybridized carbons (Fsp3) is 0.133. The van der Waals surface area contributed by atoms with Crippen LogP contribution >= 0.6 is 15.9 Å². The first kappa shape index (κ1) is 14.5. The molecule has 0 aromatic heterocycles. The average molecular weight is 337 g/mol. The molecule has 3 N–H and O–H groups in total. The second kappa shape index (κ2) is 5.63. The van der Waals surface area contributed by atoms with Gasteiger partial charge in [-0.05, 0) is 49.2 Å². The van der Waals surface area contributed by atoms with Gasteiger partial charge in [0.05, 0.1) is 5.56 Å². The minimum atomic E-state index is -0.574. The lowest BCUT2D eigenvalue weighted by Gasteiger charge is -2.11. The molecule has 0 radical (unpaired) electrons. The molecule has 0 bridgehead atoms. The summed E-state index contributed by atoms with van der Waals surface area (Å²) < 4.78 is 14.3. The number of hydrogen-bond acceptors (Lipinski definition) is 2.